The summed E-state index contributed by atoms with van der Waals surface area (Å²) < 4.78 is 7.67. The number of benzene rings is 2. The number of ether oxygens (including phenoxy) is 1. The van der Waals surface area contributed by atoms with Gasteiger partial charge in [0, 0.05) is 18.3 Å². The summed E-state index contributed by atoms with van der Waals surface area (Å²) in [5, 5.41) is 11.6. The van der Waals surface area contributed by atoms with Gasteiger partial charge in [0.05, 0.1) is 18.7 Å². The van der Waals surface area contributed by atoms with Crippen LogP contribution in [0.25, 0.3) is 0 Å². The number of amides is 1. The zero-order valence-electron chi connectivity index (χ0n) is 17.4. The second-order valence-corrected chi connectivity index (χ2v) is 8.43. The first-order valence-corrected chi connectivity index (χ1v) is 10.9. The molecule has 31 heavy (non-hydrogen) atoms. The molecule has 0 spiro atoms. The fraction of sp³-hybridized carbons (Fsp3) is 0.375. The van der Waals surface area contributed by atoms with E-state index in [1.807, 2.05) is 71.5 Å². The van der Waals surface area contributed by atoms with Gasteiger partial charge in [0.15, 0.2) is 0 Å². The lowest BCUT2D eigenvalue weighted by atomic mass is 9.75. The highest BCUT2D eigenvalue weighted by Crippen LogP contribution is 2.37. The Morgan fingerprint density at radius 3 is 2.61 bits per heavy atom. The number of rotatable bonds is 7. The van der Waals surface area contributed by atoms with E-state index in [2.05, 4.69) is 20.5 Å². The van der Waals surface area contributed by atoms with Crippen molar-refractivity contribution in [2.75, 3.05) is 18.4 Å². The maximum atomic E-state index is 12.8. The number of nitrogens with one attached hydrogen (secondary N) is 1. The first kappa shape index (κ1) is 19.8. The molecule has 2 aromatic carbocycles. The minimum absolute atomic E-state index is 0.0517. The van der Waals surface area contributed by atoms with E-state index in [-0.39, 0.29) is 11.8 Å². The number of nitrogens with zero attached hydrogens (tertiary/aromatic N) is 4. The van der Waals surface area contributed by atoms with Crippen LogP contribution in [-0.2, 0) is 17.9 Å². The van der Waals surface area contributed by atoms with E-state index in [0.717, 1.165) is 49.6 Å². The molecule has 1 N–H and O–H groups in total. The largest absolute Gasteiger partial charge is 0.487 e. The van der Waals surface area contributed by atoms with Gasteiger partial charge in [-0.05, 0) is 49.6 Å². The monoisotopic (exact) mass is 417 g/mol. The second kappa shape index (κ2) is 8.89. The Hall–Kier alpha value is -3.19. The number of hydrogen-bond acceptors (Lipinski definition) is 5. The molecule has 3 aliphatic heterocycles. The Kier molecular flexibility index (Phi) is 5.67. The zero-order chi connectivity index (χ0) is 21.0. The maximum Gasteiger partial charge on any atom is 0.229 e. The Balaban J connectivity index is 1.15. The molecule has 6 rings (SSSR count). The van der Waals surface area contributed by atoms with Crippen molar-refractivity contribution < 1.29 is 9.53 Å². The van der Waals surface area contributed by atoms with Gasteiger partial charge in [0.2, 0.25) is 5.91 Å². The Morgan fingerprint density at radius 1 is 1.10 bits per heavy atom. The first-order valence-electron chi connectivity index (χ1n) is 10.9. The number of piperidine rings is 3. The van der Waals surface area contributed by atoms with Gasteiger partial charge in [0.1, 0.15) is 18.1 Å². The average Bonchev–Trinajstić information content (AvgIpc) is 3.27. The zero-order valence-corrected chi connectivity index (χ0v) is 17.4. The van der Waals surface area contributed by atoms with Crippen LogP contribution in [0.5, 0.6) is 5.75 Å². The molecule has 1 unspecified atom stereocenters. The van der Waals surface area contributed by atoms with Crippen molar-refractivity contribution in [2.45, 2.75) is 32.0 Å². The molecule has 3 aromatic rings. The Labute approximate surface area is 182 Å². The van der Waals surface area contributed by atoms with E-state index < -0.39 is 0 Å². The van der Waals surface area contributed by atoms with Crippen LogP contribution >= 0.6 is 0 Å². The molecule has 4 atom stereocenters. The molecule has 7 heteroatoms. The summed E-state index contributed by atoms with van der Waals surface area (Å²) in [6.07, 6.45) is 4.06. The van der Waals surface area contributed by atoms with Gasteiger partial charge in [0.25, 0.3) is 0 Å². The fourth-order valence-corrected chi connectivity index (χ4v) is 4.77. The molecule has 0 aliphatic carbocycles. The molecule has 0 saturated carbocycles. The standard InChI is InChI=1S/C24H27N5O2/c30-24(25-19-7-3-1-4-8-19)23-16-28-12-11-18(23)13-21(28)15-29-14-20(26-27-29)17-31-22-9-5-2-6-10-22/h1-10,14,18,21,23H,11-13,15-17H2,(H,25,30)/t18-,21+,23-/m0/s1. The van der Waals surface area contributed by atoms with Crippen molar-refractivity contribution in [3.05, 3.63) is 72.6 Å². The molecular formula is C24H27N5O2. The summed E-state index contributed by atoms with van der Waals surface area (Å²) in [5.74, 6) is 1.44. The Morgan fingerprint density at radius 2 is 1.87 bits per heavy atom. The number of carbonyl (C=O) groups is 1. The van der Waals surface area contributed by atoms with Crippen molar-refractivity contribution in [3.63, 3.8) is 0 Å². The third kappa shape index (κ3) is 4.61. The van der Waals surface area contributed by atoms with Crippen LogP contribution in [0.1, 0.15) is 18.5 Å². The second-order valence-electron chi connectivity index (χ2n) is 8.43. The molecule has 4 heterocycles. The number of anilines is 1. The normalized spacial score (nSPS) is 24.6. The molecule has 3 saturated heterocycles. The lowest BCUT2D eigenvalue weighted by Gasteiger charge is -2.49. The molecule has 0 radical (unpaired) electrons. The average molecular weight is 418 g/mol. The number of aromatic nitrogens is 3. The number of para-hydroxylation sites is 2. The van der Waals surface area contributed by atoms with Crippen LogP contribution < -0.4 is 10.1 Å². The summed E-state index contributed by atoms with van der Waals surface area (Å²) in [5.41, 5.74) is 1.69. The third-order valence-corrected chi connectivity index (χ3v) is 6.37. The van der Waals surface area contributed by atoms with Gasteiger partial charge in [-0.15, -0.1) is 5.10 Å². The van der Waals surface area contributed by atoms with Crippen LogP contribution in [0.3, 0.4) is 0 Å². The summed E-state index contributed by atoms with van der Waals surface area (Å²) in [6.45, 7) is 3.06. The van der Waals surface area contributed by atoms with Gasteiger partial charge in [-0.25, -0.2) is 0 Å². The fourth-order valence-electron chi connectivity index (χ4n) is 4.77. The van der Waals surface area contributed by atoms with E-state index >= 15 is 0 Å². The highest BCUT2D eigenvalue weighted by atomic mass is 16.5. The summed E-state index contributed by atoms with van der Waals surface area (Å²) in [7, 11) is 0. The highest BCUT2D eigenvalue weighted by molar-refractivity contribution is 5.93. The molecule has 2 bridgehead atoms. The molecule has 1 amide bonds. The maximum absolute atomic E-state index is 12.8. The molecule has 7 nitrogen and oxygen atoms in total. The van der Waals surface area contributed by atoms with Crippen LogP contribution in [0.15, 0.2) is 66.9 Å². The van der Waals surface area contributed by atoms with Gasteiger partial charge < -0.3 is 10.1 Å². The number of fused-ring (bicyclic) bond motifs is 3. The lowest BCUT2D eigenvalue weighted by molar-refractivity contribution is -0.127. The van der Waals surface area contributed by atoms with Crippen LogP contribution in [-0.4, -0.2) is 44.9 Å². The van der Waals surface area contributed by atoms with E-state index in [9.17, 15) is 4.79 Å². The van der Waals surface area contributed by atoms with Crippen molar-refractivity contribution in [3.8, 4) is 5.75 Å². The van der Waals surface area contributed by atoms with Gasteiger partial charge in [-0.3, -0.25) is 14.4 Å². The first-order chi connectivity index (χ1) is 15.2. The van der Waals surface area contributed by atoms with Crippen LogP contribution in [0.4, 0.5) is 5.69 Å². The molecule has 3 aliphatic rings. The van der Waals surface area contributed by atoms with Crippen molar-refractivity contribution in [2.24, 2.45) is 11.8 Å². The van der Waals surface area contributed by atoms with Crippen molar-refractivity contribution in [1.82, 2.24) is 19.9 Å². The van der Waals surface area contributed by atoms with E-state index in [1.54, 1.807) is 0 Å². The van der Waals surface area contributed by atoms with Crippen molar-refractivity contribution >= 4 is 11.6 Å². The van der Waals surface area contributed by atoms with Crippen LogP contribution in [0.2, 0.25) is 0 Å². The topological polar surface area (TPSA) is 72.3 Å². The molecular weight excluding hydrogens is 390 g/mol. The molecule has 1 aromatic heterocycles. The van der Waals surface area contributed by atoms with Gasteiger partial charge >= 0.3 is 0 Å². The van der Waals surface area contributed by atoms with Gasteiger partial charge in [-0.1, -0.05) is 41.6 Å². The van der Waals surface area contributed by atoms with Gasteiger partial charge in [-0.2, -0.15) is 0 Å². The van der Waals surface area contributed by atoms with Crippen molar-refractivity contribution in [1.29, 1.82) is 0 Å². The molecule has 160 valence electrons. The molecule has 3 fully saturated rings. The van der Waals surface area contributed by atoms with E-state index in [4.69, 9.17) is 4.74 Å². The minimum atomic E-state index is 0.0517. The van der Waals surface area contributed by atoms with E-state index in [0.29, 0.717) is 18.6 Å². The summed E-state index contributed by atoms with van der Waals surface area (Å²) in [6, 6.07) is 19.8. The predicted molar refractivity (Wildman–Crippen MR) is 117 cm³/mol. The highest BCUT2D eigenvalue weighted by Gasteiger charge is 2.43. The third-order valence-electron chi connectivity index (χ3n) is 6.37. The quantitative estimate of drug-likeness (QED) is 0.639. The SMILES string of the molecule is O=C(Nc1ccccc1)[C@H]1CN2CC[C@H]1C[C@@H]2Cn1cc(COc2ccccc2)nn1. The van der Waals surface area contributed by atoms with Crippen LogP contribution in [0, 0.1) is 11.8 Å². The lowest BCUT2D eigenvalue weighted by Crippen LogP contribution is -2.57. The predicted octanol–water partition coefficient (Wildman–Crippen LogP) is 3.21. The summed E-state index contributed by atoms with van der Waals surface area (Å²) >= 11 is 0. The Bertz CT molecular complexity index is 1010. The van der Waals surface area contributed by atoms with E-state index in [1.165, 1.54) is 0 Å². The summed E-state index contributed by atoms with van der Waals surface area (Å²) in [4.78, 5) is 15.3. The number of hydrogen-bond donors (Lipinski definition) is 1. The minimum Gasteiger partial charge on any atom is -0.487 e. The number of carbonyl (C=O) groups excluding carboxylic acids is 1. The smallest absolute Gasteiger partial charge is 0.229 e.